The summed E-state index contributed by atoms with van der Waals surface area (Å²) < 4.78 is 5.21. The summed E-state index contributed by atoms with van der Waals surface area (Å²) in [5, 5.41) is 9.97. The summed E-state index contributed by atoms with van der Waals surface area (Å²) in [6.07, 6.45) is 4.56. The monoisotopic (exact) mass is 305 g/mol. The van der Waals surface area contributed by atoms with Crippen molar-refractivity contribution in [2.24, 2.45) is 0 Å². The van der Waals surface area contributed by atoms with Gasteiger partial charge in [-0.2, -0.15) is 0 Å². The molecule has 114 valence electrons. The molecule has 0 bridgehead atoms. The molecule has 0 amide bonds. The smallest absolute Gasteiger partial charge is 0.362 e. The van der Waals surface area contributed by atoms with Crippen molar-refractivity contribution in [1.29, 1.82) is 0 Å². The van der Waals surface area contributed by atoms with Crippen molar-refractivity contribution < 1.29 is 9.52 Å². The van der Waals surface area contributed by atoms with Gasteiger partial charge in [0.25, 0.3) is 0 Å². The number of aliphatic hydroxyl groups excluding tert-OH is 1. The van der Waals surface area contributed by atoms with E-state index in [1.807, 2.05) is 49.4 Å². The van der Waals surface area contributed by atoms with Crippen LogP contribution >= 0.6 is 0 Å². The number of rotatable bonds is 3. The minimum absolute atomic E-state index is 0.0679. The van der Waals surface area contributed by atoms with E-state index in [0.29, 0.717) is 11.1 Å². The van der Waals surface area contributed by atoms with E-state index in [-0.39, 0.29) is 11.5 Å². The van der Waals surface area contributed by atoms with Crippen LogP contribution < -0.4 is 5.63 Å². The fourth-order valence-electron chi connectivity index (χ4n) is 2.15. The van der Waals surface area contributed by atoms with Crippen molar-refractivity contribution >= 4 is 23.3 Å². The molecule has 1 N–H and O–H groups in total. The van der Waals surface area contributed by atoms with Crippen LogP contribution in [0.2, 0.25) is 0 Å². The third kappa shape index (κ3) is 3.55. The first kappa shape index (κ1) is 14.8. The summed E-state index contributed by atoms with van der Waals surface area (Å²) in [5.41, 5.74) is 2.45. The van der Waals surface area contributed by atoms with Crippen molar-refractivity contribution in [1.82, 2.24) is 4.98 Å². The lowest BCUT2D eigenvalue weighted by Gasteiger charge is -1.99. The number of hydrogen-bond donors (Lipinski definition) is 1. The first-order valence-electron chi connectivity index (χ1n) is 7.17. The summed E-state index contributed by atoms with van der Waals surface area (Å²) in [6.45, 7) is 1.93. The number of aryl methyl sites for hydroxylation is 1. The number of hydrogen-bond acceptors (Lipinski definition) is 4. The molecular weight excluding hydrogens is 290 g/mol. The van der Waals surface area contributed by atoms with Crippen LogP contribution in [-0.2, 0) is 0 Å². The molecule has 0 fully saturated rings. The molecule has 0 unspecified atom stereocenters. The third-order valence-electron chi connectivity index (χ3n) is 3.30. The number of aliphatic hydroxyl groups is 1. The summed E-state index contributed by atoms with van der Waals surface area (Å²) in [6, 6.07) is 14.9. The van der Waals surface area contributed by atoms with Gasteiger partial charge in [0.05, 0.1) is 0 Å². The fraction of sp³-hybridized carbons (Fsp3) is 0.0526. The molecule has 3 aromatic rings. The number of nitrogens with zero attached hydrogens (tertiary/aromatic N) is 1. The van der Waals surface area contributed by atoms with Gasteiger partial charge in [-0.25, -0.2) is 9.78 Å². The minimum Gasteiger partial charge on any atom is -0.508 e. The van der Waals surface area contributed by atoms with Gasteiger partial charge in [-0.05, 0) is 36.3 Å². The Kier molecular flexibility index (Phi) is 4.06. The largest absolute Gasteiger partial charge is 0.508 e. The number of aromatic nitrogens is 1. The maximum absolute atomic E-state index is 11.9. The molecule has 0 saturated carbocycles. The highest BCUT2D eigenvalue weighted by molar-refractivity contribution is 5.73. The van der Waals surface area contributed by atoms with Gasteiger partial charge >= 0.3 is 5.63 Å². The highest BCUT2D eigenvalue weighted by Crippen LogP contribution is 2.13. The van der Waals surface area contributed by atoms with Crippen LogP contribution in [-0.4, -0.2) is 10.1 Å². The van der Waals surface area contributed by atoms with E-state index in [0.717, 1.165) is 11.1 Å². The molecule has 0 aliphatic heterocycles. The van der Waals surface area contributed by atoms with Crippen molar-refractivity contribution in [2.75, 3.05) is 0 Å². The van der Waals surface area contributed by atoms with Crippen molar-refractivity contribution in [3.05, 3.63) is 87.6 Å². The molecule has 1 heterocycles. The second-order valence-corrected chi connectivity index (χ2v) is 5.17. The maximum Gasteiger partial charge on any atom is 0.362 e. The molecule has 0 aliphatic carbocycles. The lowest BCUT2D eigenvalue weighted by atomic mass is 10.2. The Morgan fingerprint density at radius 1 is 1.17 bits per heavy atom. The van der Waals surface area contributed by atoms with Crippen LogP contribution in [0.5, 0.6) is 0 Å². The molecule has 1 aromatic heterocycles. The first-order chi connectivity index (χ1) is 11.1. The van der Waals surface area contributed by atoms with Gasteiger partial charge in [-0.15, -0.1) is 0 Å². The van der Waals surface area contributed by atoms with Crippen LogP contribution in [0.1, 0.15) is 16.8 Å². The number of benzene rings is 2. The Balaban J connectivity index is 1.94. The van der Waals surface area contributed by atoms with Crippen LogP contribution in [0.15, 0.2) is 69.6 Å². The van der Waals surface area contributed by atoms with Crippen molar-refractivity contribution in [3.8, 4) is 0 Å². The SMILES string of the molecule is Cc1ccc2oc(=O)c(/C=C(O)/C=C/c3ccccc3)nc2c1. The van der Waals surface area contributed by atoms with Crippen LogP contribution in [0.3, 0.4) is 0 Å². The van der Waals surface area contributed by atoms with Gasteiger partial charge in [0.2, 0.25) is 0 Å². The topological polar surface area (TPSA) is 63.3 Å². The molecule has 0 atom stereocenters. The van der Waals surface area contributed by atoms with Gasteiger partial charge in [-0.1, -0.05) is 42.5 Å². The van der Waals surface area contributed by atoms with Gasteiger partial charge in [0.15, 0.2) is 11.3 Å². The van der Waals surface area contributed by atoms with Crippen LogP contribution in [0.4, 0.5) is 0 Å². The quantitative estimate of drug-likeness (QED) is 0.584. The maximum atomic E-state index is 11.9. The molecule has 4 nitrogen and oxygen atoms in total. The predicted octanol–water partition coefficient (Wildman–Crippen LogP) is 4.11. The van der Waals surface area contributed by atoms with Gasteiger partial charge in [-0.3, -0.25) is 0 Å². The molecule has 0 saturated heterocycles. The molecular formula is C19H15NO3. The average molecular weight is 305 g/mol. The molecule has 0 spiro atoms. The average Bonchev–Trinajstić information content (AvgIpc) is 2.55. The lowest BCUT2D eigenvalue weighted by molar-refractivity contribution is 0.437. The highest BCUT2D eigenvalue weighted by atomic mass is 16.4. The van der Waals surface area contributed by atoms with Crippen LogP contribution in [0.25, 0.3) is 23.3 Å². The summed E-state index contributed by atoms with van der Waals surface area (Å²) in [4.78, 5) is 16.2. The molecule has 0 aliphatic rings. The van der Waals surface area contributed by atoms with E-state index in [4.69, 9.17) is 4.42 Å². The van der Waals surface area contributed by atoms with E-state index in [1.165, 1.54) is 12.2 Å². The summed E-state index contributed by atoms with van der Waals surface area (Å²) in [7, 11) is 0. The molecule has 2 aromatic carbocycles. The standard InChI is InChI=1S/C19H15NO3/c1-13-7-10-18-16(11-13)20-17(19(22)23-18)12-15(21)9-8-14-5-3-2-4-6-14/h2-12,21H,1H3/b9-8+,15-12-. The van der Waals surface area contributed by atoms with E-state index >= 15 is 0 Å². The Morgan fingerprint density at radius 3 is 2.74 bits per heavy atom. The summed E-state index contributed by atoms with van der Waals surface area (Å²) >= 11 is 0. The lowest BCUT2D eigenvalue weighted by Crippen LogP contribution is -2.06. The number of fused-ring (bicyclic) bond motifs is 1. The van der Waals surface area contributed by atoms with Gasteiger partial charge in [0.1, 0.15) is 11.3 Å². The van der Waals surface area contributed by atoms with E-state index in [2.05, 4.69) is 4.98 Å². The summed E-state index contributed by atoms with van der Waals surface area (Å²) in [5.74, 6) is -0.0688. The zero-order chi connectivity index (χ0) is 16.2. The molecule has 3 rings (SSSR count). The van der Waals surface area contributed by atoms with Gasteiger partial charge < -0.3 is 9.52 Å². The van der Waals surface area contributed by atoms with E-state index in [9.17, 15) is 9.90 Å². The zero-order valence-electron chi connectivity index (χ0n) is 12.6. The zero-order valence-corrected chi connectivity index (χ0v) is 12.6. The highest BCUT2D eigenvalue weighted by Gasteiger charge is 2.05. The minimum atomic E-state index is -0.582. The molecule has 23 heavy (non-hydrogen) atoms. The van der Waals surface area contributed by atoms with E-state index < -0.39 is 5.63 Å². The van der Waals surface area contributed by atoms with Crippen molar-refractivity contribution in [3.63, 3.8) is 0 Å². The Hall–Kier alpha value is -3.14. The molecule has 0 radical (unpaired) electrons. The fourth-order valence-corrected chi connectivity index (χ4v) is 2.15. The third-order valence-corrected chi connectivity index (χ3v) is 3.30. The molecule has 4 heteroatoms. The predicted molar refractivity (Wildman–Crippen MR) is 91.1 cm³/mol. The Labute approximate surface area is 133 Å². The van der Waals surface area contributed by atoms with E-state index in [1.54, 1.807) is 12.1 Å². The van der Waals surface area contributed by atoms with Gasteiger partial charge in [0, 0.05) is 6.08 Å². The van der Waals surface area contributed by atoms with Crippen molar-refractivity contribution in [2.45, 2.75) is 6.92 Å². The Bertz CT molecular complexity index is 953. The second kappa shape index (κ2) is 6.32. The Morgan fingerprint density at radius 2 is 1.96 bits per heavy atom. The van der Waals surface area contributed by atoms with Crippen LogP contribution in [0, 0.1) is 6.92 Å². The number of allylic oxidation sites excluding steroid dienone is 1. The normalized spacial score (nSPS) is 12.1. The second-order valence-electron chi connectivity index (χ2n) is 5.17. The first-order valence-corrected chi connectivity index (χ1v) is 7.17.